The van der Waals surface area contributed by atoms with E-state index >= 15 is 0 Å². The predicted octanol–water partition coefficient (Wildman–Crippen LogP) is 7.70. The molecule has 0 aromatic heterocycles. The molecule has 0 unspecified atom stereocenters. The molecule has 2 atom stereocenters. The molecule has 5 rings (SSSR count). The zero-order chi connectivity index (χ0) is 27.4. The molecule has 39 heavy (non-hydrogen) atoms. The van der Waals surface area contributed by atoms with Gasteiger partial charge in [-0.1, -0.05) is 79.9 Å². The normalized spacial score (nSPS) is 20.7. The largest absolute Gasteiger partial charge is 0.416 e. The SMILES string of the molecule is Cc1ccccc1[C@@H]1CN(Cc2ccccc2C(F)(F)F)C[C@H]1CN(C(=O)c1ccccc1)C1CCCCC1. The van der Waals surface area contributed by atoms with Crippen molar-refractivity contribution in [1.29, 1.82) is 0 Å². The van der Waals surface area contributed by atoms with Crippen LogP contribution < -0.4 is 0 Å². The van der Waals surface area contributed by atoms with Gasteiger partial charge in [0.1, 0.15) is 0 Å². The number of alkyl halides is 3. The Morgan fingerprint density at radius 3 is 2.26 bits per heavy atom. The molecule has 0 N–H and O–H groups in total. The van der Waals surface area contributed by atoms with Gasteiger partial charge in [0, 0.05) is 43.7 Å². The highest BCUT2D eigenvalue weighted by molar-refractivity contribution is 5.94. The molecule has 1 aliphatic carbocycles. The Morgan fingerprint density at radius 1 is 0.872 bits per heavy atom. The van der Waals surface area contributed by atoms with Crippen LogP contribution in [0.4, 0.5) is 13.2 Å². The zero-order valence-electron chi connectivity index (χ0n) is 22.5. The van der Waals surface area contributed by atoms with Crippen molar-refractivity contribution in [2.45, 2.75) is 63.7 Å². The summed E-state index contributed by atoms with van der Waals surface area (Å²) in [5.41, 5.74) is 2.85. The van der Waals surface area contributed by atoms with E-state index in [9.17, 15) is 18.0 Å². The van der Waals surface area contributed by atoms with E-state index in [4.69, 9.17) is 0 Å². The summed E-state index contributed by atoms with van der Waals surface area (Å²) in [6.45, 7) is 4.26. The Kier molecular flexibility index (Phi) is 8.41. The smallest absolute Gasteiger partial charge is 0.335 e. The number of amides is 1. The maximum Gasteiger partial charge on any atom is 0.416 e. The summed E-state index contributed by atoms with van der Waals surface area (Å²) in [4.78, 5) is 18.1. The number of rotatable bonds is 7. The molecular formula is C33H37F3N2O. The number of carbonyl (C=O) groups excluding carboxylic acids is 1. The van der Waals surface area contributed by atoms with Crippen molar-refractivity contribution in [3.05, 3.63) is 107 Å². The highest BCUT2D eigenvalue weighted by Gasteiger charge is 2.39. The average molecular weight is 535 g/mol. The van der Waals surface area contributed by atoms with Crippen molar-refractivity contribution in [2.75, 3.05) is 19.6 Å². The van der Waals surface area contributed by atoms with Crippen LogP contribution in [0, 0.1) is 12.8 Å². The minimum absolute atomic E-state index is 0.0619. The first kappa shape index (κ1) is 27.4. The standard InChI is InChI=1S/C33H37F3N2O/c1-24-12-8-10-18-29(24)30-23-37(20-26-15-9-11-19-31(26)33(34,35)36)21-27(30)22-38(28-16-6-3-7-17-28)32(39)25-13-4-2-5-14-25/h2,4-5,8-15,18-19,27-28,30H,3,6-7,16-17,20-23H2,1H3/t27-,30+/m0/s1. The van der Waals surface area contributed by atoms with Gasteiger partial charge in [-0.25, -0.2) is 0 Å². The van der Waals surface area contributed by atoms with Gasteiger partial charge in [-0.2, -0.15) is 13.2 Å². The van der Waals surface area contributed by atoms with Gasteiger partial charge >= 0.3 is 6.18 Å². The molecule has 3 aromatic rings. The minimum atomic E-state index is -4.38. The molecule has 1 saturated carbocycles. The fourth-order valence-corrected chi connectivity index (χ4v) is 6.60. The predicted molar refractivity (Wildman–Crippen MR) is 148 cm³/mol. The lowest BCUT2D eigenvalue weighted by Gasteiger charge is -2.37. The number of hydrogen-bond acceptors (Lipinski definition) is 2. The van der Waals surface area contributed by atoms with Crippen LogP contribution >= 0.6 is 0 Å². The second kappa shape index (κ2) is 12.0. The van der Waals surface area contributed by atoms with Gasteiger partial charge in [0.25, 0.3) is 5.91 Å². The fourth-order valence-electron chi connectivity index (χ4n) is 6.60. The highest BCUT2D eigenvalue weighted by Crippen LogP contribution is 2.39. The summed E-state index contributed by atoms with van der Waals surface area (Å²) in [6.07, 6.45) is 1.06. The number of benzene rings is 3. The van der Waals surface area contributed by atoms with E-state index in [0.717, 1.165) is 25.7 Å². The Bertz CT molecular complexity index is 1250. The lowest BCUT2D eigenvalue weighted by molar-refractivity contribution is -0.138. The van der Waals surface area contributed by atoms with E-state index in [1.165, 1.54) is 29.7 Å². The Morgan fingerprint density at radius 2 is 1.54 bits per heavy atom. The van der Waals surface area contributed by atoms with E-state index in [1.54, 1.807) is 12.1 Å². The molecule has 0 bridgehead atoms. The molecule has 1 aliphatic heterocycles. The molecule has 2 aliphatic rings. The summed E-state index contributed by atoms with van der Waals surface area (Å²) >= 11 is 0. The second-order valence-corrected chi connectivity index (χ2v) is 11.2. The van der Waals surface area contributed by atoms with Crippen molar-refractivity contribution in [2.24, 2.45) is 5.92 Å². The molecule has 1 heterocycles. The molecule has 3 aromatic carbocycles. The summed E-state index contributed by atoms with van der Waals surface area (Å²) < 4.78 is 41.3. The van der Waals surface area contributed by atoms with Gasteiger partial charge in [-0.05, 0) is 60.6 Å². The van der Waals surface area contributed by atoms with E-state index in [-0.39, 0.29) is 30.3 Å². The lowest BCUT2D eigenvalue weighted by Crippen LogP contribution is -2.45. The first-order valence-corrected chi connectivity index (χ1v) is 14.1. The summed E-state index contributed by atoms with van der Waals surface area (Å²) in [6, 6.07) is 23.9. The maximum absolute atomic E-state index is 13.9. The Hall–Kier alpha value is -3.12. The van der Waals surface area contributed by atoms with Crippen LogP contribution in [-0.4, -0.2) is 41.4 Å². The molecule has 3 nitrogen and oxygen atoms in total. The maximum atomic E-state index is 13.9. The van der Waals surface area contributed by atoms with Crippen LogP contribution in [0.5, 0.6) is 0 Å². The molecule has 0 radical (unpaired) electrons. The Balaban J connectivity index is 1.45. The van der Waals surface area contributed by atoms with Crippen LogP contribution in [0.1, 0.15) is 70.6 Å². The van der Waals surface area contributed by atoms with Crippen molar-refractivity contribution < 1.29 is 18.0 Å². The minimum Gasteiger partial charge on any atom is -0.335 e. The van der Waals surface area contributed by atoms with Gasteiger partial charge in [-0.15, -0.1) is 0 Å². The van der Waals surface area contributed by atoms with Crippen molar-refractivity contribution in [3.8, 4) is 0 Å². The van der Waals surface area contributed by atoms with E-state index < -0.39 is 11.7 Å². The third-order valence-corrected chi connectivity index (χ3v) is 8.55. The van der Waals surface area contributed by atoms with Crippen molar-refractivity contribution in [1.82, 2.24) is 9.80 Å². The number of nitrogens with zero attached hydrogens (tertiary/aromatic N) is 2. The third-order valence-electron chi connectivity index (χ3n) is 8.55. The van der Waals surface area contributed by atoms with Gasteiger partial charge in [0.2, 0.25) is 0 Å². The molecule has 0 spiro atoms. The monoisotopic (exact) mass is 534 g/mol. The Labute approximate surface area is 229 Å². The molecule has 1 amide bonds. The molecule has 206 valence electrons. The molecule has 2 fully saturated rings. The first-order chi connectivity index (χ1) is 18.8. The topological polar surface area (TPSA) is 23.6 Å². The van der Waals surface area contributed by atoms with Crippen molar-refractivity contribution in [3.63, 3.8) is 0 Å². The highest BCUT2D eigenvalue weighted by atomic mass is 19.4. The molecule has 6 heteroatoms. The second-order valence-electron chi connectivity index (χ2n) is 11.2. The summed E-state index contributed by atoms with van der Waals surface area (Å²) in [5, 5.41) is 0. The number of aryl methyl sites for hydroxylation is 1. The average Bonchev–Trinajstić information content (AvgIpc) is 3.34. The van der Waals surface area contributed by atoms with Gasteiger partial charge in [0.05, 0.1) is 5.56 Å². The van der Waals surface area contributed by atoms with Gasteiger partial charge in [-0.3, -0.25) is 9.69 Å². The molecule has 1 saturated heterocycles. The van der Waals surface area contributed by atoms with Crippen LogP contribution in [0.15, 0.2) is 78.9 Å². The summed E-state index contributed by atoms with van der Waals surface area (Å²) in [7, 11) is 0. The van der Waals surface area contributed by atoms with Crippen molar-refractivity contribution >= 4 is 5.91 Å². The zero-order valence-corrected chi connectivity index (χ0v) is 22.5. The third kappa shape index (κ3) is 6.38. The van der Waals surface area contributed by atoms with E-state index in [1.807, 2.05) is 42.5 Å². The number of halogens is 3. The van der Waals surface area contributed by atoms with E-state index in [2.05, 4.69) is 28.9 Å². The van der Waals surface area contributed by atoms with E-state index in [0.29, 0.717) is 30.8 Å². The number of carbonyl (C=O) groups is 1. The quantitative estimate of drug-likeness (QED) is 0.310. The lowest BCUT2D eigenvalue weighted by atomic mass is 9.85. The summed E-state index contributed by atoms with van der Waals surface area (Å²) in [5.74, 6) is 0.324. The van der Waals surface area contributed by atoms with Crippen LogP contribution in [0.25, 0.3) is 0 Å². The fraction of sp³-hybridized carbons (Fsp3) is 0.424. The van der Waals surface area contributed by atoms with Crippen LogP contribution in [-0.2, 0) is 12.7 Å². The van der Waals surface area contributed by atoms with Crippen LogP contribution in [0.3, 0.4) is 0 Å². The first-order valence-electron chi connectivity index (χ1n) is 14.1. The molecular weight excluding hydrogens is 497 g/mol. The van der Waals surface area contributed by atoms with Gasteiger partial charge < -0.3 is 4.90 Å². The number of likely N-dealkylation sites (tertiary alicyclic amines) is 1. The number of hydrogen-bond donors (Lipinski definition) is 0. The van der Waals surface area contributed by atoms with Gasteiger partial charge in [0.15, 0.2) is 0 Å². The van der Waals surface area contributed by atoms with Crippen LogP contribution in [0.2, 0.25) is 0 Å².